The van der Waals surface area contributed by atoms with E-state index in [-0.39, 0.29) is 62.2 Å². The Balaban J connectivity index is 1.74. The van der Waals surface area contributed by atoms with Crippen LogP contribution in [0.25, 0.3) is 0 Å². The first kappa shape index (κ1) is 24.3. The molecule has 9 heteroatoms. The minimum Gasteiger partial charge on any atom is -0.465 e. The summed E-state index contributed by atoms with van der Waals surface area (Å²) >= 11 is 0. The molecule has 4 rings (SSSR count). The zero-order valence-electron chi connectivity index (χ0n) is 19.6. The van der Waals surface area contributed by atoms with Gasteiger partial charge >= 0.3 is 11.9 Å². The number of esters is 2. The molecular formula is C25H29NO7S. The molecule has 1 atom stereocenters. The van der Waals surface area contributed by atoms with Gasteiger partial charge in [-0.3, -0.25) is 14.4 Å². The molecule has 0 amide bonds. The van der Waals surface area contributed by atoms with Crippen LogP contribution in [0.4, 0.5) is 0 Å². The molecule has 1 unspecified atom stereocenters. The van der Waals surface area contributed by atoms with E-state index in [2.05, 4.69) is 0 Å². The van der Waals surface area contributed by atoms with E-state index in [4.69, 9.17) is 9.47 Å². The van der Waals surface area contributed by atoms with Crippen LogP contribution in [-0.4, -0.2) is 56.7 Å². The SMILES string of the molecule is CCOC(=O)C1(C(=O)OCC)CC2=CC(=O)CC3CN(S(=O)(=O)c4ccc(C)cc4)CC3=C2C1. The zero-order valence-corrected chi connectivity index (χ0v) is 20.4. The van der Waals surface area contributed by atoms with Crippen LogP contribution in [0, 0.1) is 18.3 Å². The van der Waals surface area contributed by atoms with Crippen LogP contribution in [0.2, 0.25) is 0 Å². The predicted octanol–water partition coefficient (Wildman–Crippen LogP) is 2.72. The molecule has 1 saturated carbocycles. The third kappa shape index (κ3) is 4.11. The molecule has 1 aromatic rings. The van der Waals surface area contributed by atoms with Gasteiger partial charge in [0.1, 0.15) is 0 Å². The van der Waals surface area contributed by atoms with Gasteiger partial charge in [0, 0.05) is 25.4 Å². The second-order valence-corrected chi connectivity index (χ2v) is 11.0. The molecule has 2 fully saturated rings. The number of benzene rings is 1. The Morgan fingerprint density at radius 1 is 1.06 bits per heavy atom. The first-order chi connectivity index (χ1) is 16.1. The van der Waals surface area contributed by atoms with Crippen molar-refractivity contribution in [3.05, 3.63) is 52.6 Å². The van der Waals surface area contributed by atoms with Gasteiger partial charge in [0.15, 0.2) is 11.2 Å². The molecule has 1 aromatic carbocycles. The Labute approximate surface area is 199 Å². The topological polar surface area (TPSA) is 107 Å². The highest BCUT2D eigenvalue weighted by molar-refractivity contribution is 7.89. The summed E-state index contributed by atoms with van der Waals surface area (Å²) in [6.45, 7) is 5.71. The maximum Gasteiger partial charge on any atom is 0.324 e. The lowest BCUT2D eigenvalue weighted by Gasteiger charge is -2.24. The number of carbonyl (C=O) groups is 3. The number of fused-ring (bicyclic) bond motifs is 2. The number of hydrogen-bond acceptors (Lipinski definition) is 7. The van der Waals surface area contributed by atoms with Gasteiger partial charge in [-0.25, -0.2) is 8.42 Å². The minimum absolute atomic E-state index is 0.00662. The number of sulfonamides is 1. The van der Waals surface area contributed by atoms with Crippen molar-refractivity contribution in [2.45, 2.75) is 44.9 Å². The summed E-state index contributed by atoms with van der Waals surface area (Å²) in [6.07, 6.45) is 1.73. The van der Waals surface area contributed by atoms with Crippen molar-refractivity contribution in [3.8, 4) is 0 Å². The number of carbonyl (C=O) groups excluding carboxylic acids is 3. The molecule has 8 nitrogen and oxygen atoms in total. The number of hydrogen-bond donors (Lipinski definition) is 0. The van der Waals surface area contributed by atoms with Gasteiger partial charge in [-0.1, -0.05) is 17.7 Å². The van der Waals surface area contributed by atoms with Gasteiger partial charge in [0.05, 0.1) is 18.1 Å². The Morgan fingerprint density at radius 3 is 2.26 bits per heavy atom. The van der Waals surface area contributed by atoms with Crippen molar-refractivity contribution in [2.75, 3.05) is 26.3 Å². The van der Waals surface area contributed by atoms with E-state index in [1.165, 1.54) is 10.4 Å². The summed E-state index contributed by atoms with van der Waals surface area (Å²) in [4.78, 5) is 38.8. The highest BCUT2D eigenvalue weighted by atomic mass is 32.2. The van der Waals surface area contributed by atoms with Crippen molar-refractivity contribution in [3.63, 3.8) is 0 Å². The minimum atomic E-state index is -3.77. The molecule has 182 valence electrons. The summed E-state index contributed by atoms with van der Waals surface area (Å²) in [5.74, 6) is -1.81. The fourth-order valence-corrected chi connectivity index (χ4v) is 6.55. The molecule has 1 saturated heterocycles. The van der Waals surface area contributed by atoms with Crippen LogP contribution in [0.5, 0.6) is 0 Å². The summed E-state index contributed by atoms with van der Waals surface area (Å²) in [6, 6.07) is 6.65. The maximum absolute atomic E-state index is 13.3. The number of ether oxygens (including phenoxy) is 2. The van der Waals surface area contributed by atoms with Crippen LogP contribution < -0.4 is 0 Å². The molecule has 0 radical (unpaired) electrons. The fourth-order valence-electron chi connectivity index (χ4n) is 5.09. The third-order valence-corrected chi connectivity index (χ3v) is 8.61. The molecule has 0 bridgehead atoms. The lowest BCUT2D eigenvalue weighted by Crippen LogP contribution is -2.40. The van der Waals surface area contributed by atoms with E-state index < -0.39 is 27.4 Å². The van der Waals surface area contributed by atoms with E-state index in [0.717, 1.165) is 11.1 Å². The van der Waals surface area contributed by atoms with Gasteiger partial charge in [-0.15, -0.1) is 0 Å². The molecule has 3 aliphatic rings. The zero-order chi connectivity index (χ0) is 24.7. The summed E-state index contributed by atoms with van der Waals surface area (Å²) < 4.78 is 38.5. The lowest BCUT2D eigenvalue weighted by atomic mass is 9.84. The number of aryl methyl sites for hydroxylation is 1. The Bertz CT molecular complexity index is 1180. The average molecular weight is 488 g/mol. The molecule has 0 spiro atoms. The normalized spacial score (nSPS) is 22.0. The van der Waals surface area contributed by atoms with E-state index in [1.807, 2.05) is 6.92 Å². The Morgan fingerprint density at radius 2 is 1.68 bits per heavy atom. The van der Waals surface area contributed by atoms with Crippen LogP contribution in [0.3, 0.4) is 0 Å². The van der Waals surface area contributed by atoms with Gasteiger partial charge in [-0.05, 0) is 68.5 Å². The van der Waals surface area contributed by atoms with Crippen molar-refractivity contribution >= 4 is 27.7 Å². The standard InChI is InChI=1S/C25H29NO7S/c1-4-32-23(28)25(24(29)33-5-2)12-17-10-19(27)11-18-14-26(15-22(18)21(17)13-25)34(30,31)20-8-6-16(3)7-9-20/h6-10,18H,4-5,11-15H2,1-3H3. The number of nitrogens with zero attached hydrogens (tertiary/aromatic N) is 1. The largest absolute Gasteiger partial charge is 0.465 e. The highest BCUT2D eigenvalue weighted by Crippen LogP contribution is 2.51. The molecule has 1 heterocycles. The smallest absolute Gasteiger partial charge is 0.324 e. The summed E-state index contributed by atoms with van der Waals surface area (Å²) in [5, 5.41) is 0. The van der Waals surface area contributed by atoms with Gasteiger partial charge in [0.2, 0.25) is 10.0 Å². The Hall–Kier alpha value is -2.78. The van der Waals surface area contributed by atoms with Crippen molar-refractivity contribution < 1.29 is 32.3 Å². The molecule has 2 aliphatic carbocycles. The van der Waals surface area contributed by atoms with Crippen LogP contribution in [-0.2, 0) is 33.9 Å². The second-order valence-electron chi connectivity index (χ2n) is 9.03. The van der Waals surface area contributed by atoms with E-state index in [0.29, 0.717) is 11.1 Å². The third-order valence-electron chi connectivity index (χ3n) is 6.78. The van der Waals surface area contributed by atoms with Crippen molar-refractivity contribution in [2.24, 2.45) is 11.3 Å². The average Bonchev–Trinajstić information content (AvgIpc) is 3.34. The first-order valence-electron chi connectivity index (χ1n) is 11.5. The highest BCUT2D eigenvalue weighted by Gasteiger charge is 2.56. The van der Waals surface area contributed by atoms with Gasteiger partial charge in [-0.2, -0.15) is 4.31 Å². The number of ketones is 1. The maximum atomic E-state index is 13.3. The predicted molar refractivity (Wildman–Crippen MR) is 123 cm³/mol. The molecule has 1 aliphatic heterocycles. The molecule has 0 aromatic heterocycles. The number of allylic oxidation sites excluding steroid dienone is 3. The van der Waals surface area contributed by atoms with Gasteiger partial charge in [0.25, 0.3) is 0 Å². The van der Waals surface area contributed by atoms with E-state index in [1.54, 1.807) is 38.1 Å². The number of rotatable bonds is 6. The first-order valence-corrected chi connectivity index (χ1v) is 12.9. The van der Waals surface area contributed by atoms with Crippen molar-refractivity contribution in [1.82, 2.24) is 4.31 Å². The monoisotopic (exact) mass is 487 g/mol. The van der Waals surface area contributed by atoms with Crippen LogP contribution >= 0.6 is 0 Å². The van der Waals surface area contributed by atoms with E-state index >= 15 is 0 Å². The molecule has 0 N–H and O–H groups in total. The Kier molecular flexibility index (Phi) is 6.52. The summed E-state index contributed by atoms with van der Waals surface area (Å²) in [5.41, 5.74) is 1.49. The lowest BCUT2D eigenvalue weighted by molar-refractivity contribution is -0.171. The molecular weight excluding hydrogens is 458 g/mol. The summed E-state index contributed by atoms with van der Waals surface area (Å²) in [7, 11) is -3.77. The van der Waals surface area contributed by atoms with E-state index in [9.17, 15) is 22.8 Å². The molecule has 34 heavy (non-hydrogen) atoms. The van der Waals surface area contributed by atoms with Crippen LogP contribution in [0.15, 0.2) is 52.0 Å². The second kappa shape index (κ2) is 9.11. The van der Waals surface area contributed by atoms with Gasteiger partial charge < -0.3 is 9.47 Å². The van der Waals surface area contributed by atoms with Crippen LogP contribution in [0.1, 0.15) is 38.7 Å². The quantitative estimate of drug-likeness (QED) is 0.449. The van der Waals surface area contributed by atoms with Crippen molar-refractivity contribution in [1.29, 1.82) is 0 Å². The fraction of sp³-hybridized carbons (Fsp3) is 0.480.